The molecule has 94 valence electrons. The van der Waals surface area contributed by atoms with Crippen LogP contribution in [0.4, 0.5) is 0 Å². The van der Waals surface area contributed by atoms with Gasteiger partial charge in [0.05, 0.1) is 0 Å². The lowest BCUT2D eigenvalue weighted by Gasteiger charge is -2.27. The van der Waals surface area contributed by atoms with Gasteiger partial charge in [0.25, 0.3) is 0 Å². The zero-order valence-corrected chi connectivity index (χ0v) is 11.2. The van der Waals surface area contributed by atoms with Gasteiger partial charge in [-0.05, 0) is 25.6 Å². The van der Waals surface area contributed by atoms with E-state index in [2.05, 4.69) is 61.4 Å². The van der Waals surface area contributed by atoms with Crippen LogP contribution in [0.25, 0.3) is 0 Å². The monoisotopic (exact) mass is 232 g/mol. The fraction of sp³-hybridized carbons (Fsp3) is 0.600. The third-order valence-electron chi connectivity index (χ3n) is 3.78. The van der Waals surface area contributed by atoms with Gasteiger partial charge in [0, 0.05) is 24.5 Å². The van der Waals surface area contributed by atoms with Gasteiger partial charge in [0.15, 0.2) is 0 Å². The van der Waals surface area contributed by atoms with Gasteiger partial charge in [-0.3, -0.25) is 0 Å². The van der Waals surface area contributed by atoms with E-state index >= 15 is 0 Å². The average Bonchev–Trinajstić information content (AvgIpc) is 2.74. The van der Waals surface area contributed by atoms with Crippen molar-refractivity contribution in [3.05, 3.63) is 35.9 Å². The standard InChI is InChI=1S/C15H24N2/c1-15(2,13-7-5-4-6-8-13)12-16-14-9-10-17(3)11-14/h4-8,14,16H,9-12H2,1-3H3. The molecule has 1 aliphatic rings. The number of rotatable bonds is 4. The molecule has 2 heteroatoms. The smallest absolute Gasteiger partial charge is 0.0207 e. The van der Waals surface area contributed by atoms with Crippen molar-refractivity contribution in [2.75, 3.05) is 26.7 Å². The van der Waals surface area contributed by atoms with Crippen LogP contribution in [0.2, 0.25) is 0 Å². The number of likely N-dealkylation sites (tertiary alicyclic amines) is 1. The minimum Gasteiger partial charge on any atom is -0.312 e. The van der Waals surface area contributed by atoms with Gasteiger partial charge in [-0.1, -0.05) is 44.2 Å². The highest BCUT2D eigenvalue weighted by Gasteiger charge is 2.24. The zero-order valence-electron chi connectivity index (χ0n) is 11.2. The predicted octanol–water partition coefficient (Wildman–Crippen LogP) is 2.26. The molecule has 0 radical (unpaired) electrons. The summed E-state index contributed by atoms with van der Waals surface area (Å²) in [4.78, 5) is 2.40. The Morgan fingerprint density at radius 2 is 2.00 bits per heavy atom. The van der Waals surface area contributed by atoms with Gasteiger partial charge in [-0.2, -0.15) is 0 Å². The van der Waals surface area contributed by atoms with E-state index in [9.17, 15) is 0 Å². The summed E-state index contributed by atoms with van der Waals surface area (Å²) >= 11 is 0. The highest BCUT2D eigenvalue weighted by Crippen LogP contribution is 2.22. The Kier molecular flexibility index (Phi) is 3.85. The molecule has 0 spiro atoms. The largest absolute Gasteiger partial charge is 0.312 e. The normalized spacial score (nSPS) is 21.9. The summed E-state index contributed by atoms with van der Waals surface area (Å²) < 4.78 is 0. The molecular weight excluding hydrogens is 208 g/mol. The summed E-state index contributed by atoms with van der Waals surface area (Å²) in [5, 5.41) is 3.71. The van der Waals surface area contributed by atoms with Gasteiger partial charge in [0.2, 0.25) is 0 Å². The number of likely N-dealkylation sites (N-methyl/N-ethyl adjacent to an activating group) is 1. The number of hydrogen-bond donors (Lipinski definition) is 1. The van der Waals surface area contributed by atoms with Crippen LogP contribution in [-0.4, -0.2) is 37.6 Å². The van der Waals surface area contributed by atoms with Crippen LogP contribution in [0.15, 0.2) is 30.3 Å². The number of nitrogens with one attached hydrogen (secondary N) is 1. The summed E-state index contributed by atoms with van der Waals surface area (Å²) in [6.45, 7) is 8.09. The highest BCUT2D eigenvalue weighted by atomic mass is 15.2. The lowest BCUT2D eigenvalue weighted by molar-refractivity contribution is 0.380. The molecule has 1 atom stereocenters. The second-order valence-electron chi connectivity index (χ2n) is 5.88. The first kappa shape index (κ1) is 12.6. The minimum absolute atomic E-state index is 0.211. The third-order valence-corrected chi connectivity index (χ3v) is 3.78. The van der Waals surface area contributed by atoms with Crippen molar-refractivity contribution in [1.29, 1.82) is 0 Å². The van der Waals surface area contributed by atoms with Gasteiger partial charge in [0.1, 0.15) is 0 Å². The van der Waals surface area contributed by atoms with Gasteiger partial charge < -0.3 is 10.2 Å². The van der Waals surface area contributed by atoms with Crippen molar-refractivity contribution in [3.8, 4) is 0 Å². The van der Waals surface area contributed by atoms with E-state index in [0.29, 0.717) is 6.04 Å². The predicted molar refractivity (Wildman–Crippen MR) is 73.4 cm³/mol. The lowest BCUT2D eigenvalue weighted by Crippen LogP contribution is -2.40. The first-order valence-corrected chi connectivity index (χ1v) is 6.55. The highest BCUT2D eigenvalue weighted by molar-refractivity contribution is 5.23. The molecule has 0 amide bonds. The lowest BCUT2D eigenvalue weighted by atomic mass is 9.84. The molecular formula is C15H24N2. The first-order chi connectivity index (χ1) is 8.08. The Hall–Kier alpha value is -0.860. The zero-order chi connectivity index (χ0) is 12.3. The van der Waals surface area contributed by atoms with E-state index in [4.69, 9.17) is 0 Å². The van der Waals surface area contributed by atoms with Crippen LogP contribution in [0.5, 0.6) is 0 Å². The van der Waals surface area contributed by atoms with Crippen molar-refractivity contribution in [2.45, 2.75) is 31.7 Å². The van der Waals surface area contributed by atoms with Gasteiger partial charge >= 0.3 is 0 Å². The van der Waals surface area contributed by atoms with E-state index in [-0.39, 0.29) is 5.41 Å². The van der Waals surface area contributed by atoms with E-state index in [1.165, 1.54) is 25.1 Å². The Morgan fingerprint density at radius 3 is 2.59 bits per heavy atom. The van der Waals surface area contributed by atoms with Crippen LogP contribution in [0, 0.1) is 0 Å². The molecule has 0 aliphatic carbocycles. The fourth-order valence-corrected chi connectivity index (χ4v) is 2.49. The van der Waals surface area contributed by atoms with Crippen LogP contribution in [0.3, 0.4) is 0 Å². The molecule has 0 aromatic heterocycles. The molecule has 1 saturated heterocycles. The summed E-state index contributed by atoms with van der Waals surface area (Å²) in [7, 11) is 2.20. The molecule has 1 aromatic carbocycles. The second-order valence-corrected chi connectivity index (χ2v) is 5.88. The Balaban J connectivity index is 1.89. The molecule has 2 nitrogen and oxygen atoms in total. The fourth-order valence-electron chi connectivity index (χ4n) is 2.49. The van der Waals surface area contributed by atoms with E-state index < -0.39 is 0 Å². The SMILES string of the molecule is CN1CCC(NCC(C)(C)c2ccccc2)C1. The molecule has 1 N–H and O–H groups in total. The Bertz CT molecular complexity index is 345. The second kappa shape index (κ2) is 5.19. The topological polar surface area (TPSA) is 15.3 Å². The summed E-state index contributed by atoms with van der Waals surface area (Å²) in [6, 6.07) is 11.5. The molecule has 2 rings (SSSR count). The maximum absolute atomic E-state index is 3.71. The molecule has 1 aliphatic heterocycles. The number of benzene rings is 1. The third kappa shape index (κ3) is 3.30. The number of hydrogen-bond acceptors (Lipinski definition) is 2. The van der Waals surface area contributed by atoms with Crippen molar-refractivity contribution in [3.63, 3.8) is 0 Å². The Labute approximate surface area is 105 Å². The summed E-state index contributed by atoms with van der Waals surface area (Å²) in [5.41, 5.74) is 1.63. The van der Waals surface area contributed by atoms with Gasteiger partial charge in [-0.25, -0.2) is 0 Å². The maximum Gasteiger partial charge on any atom is 0.0207 e. The average molecular weight is 232 g/mol. The van der Waals surface area contributed by atoms with E-state index in [1.54, 1.807) is 0 Å². The van der Waals surface area contributed by atoms with Crippen LogP contribution in [-0.2, 0) is 5.41 Å². The minimum atomic E-state index is 0.211. The maximum atomic E-state index is 3.71. The van der Waals surface area contributed by atoms with E-state index in [0.717, 1.165) is 6.54 Å². The van der Waals surface area contributed by atoms with Crippen LogP contribution >= 0.6 is 0 Å². The van der Waals surface area contributed by atoms with Crippen molar-refractivity contribution in [1.82, 2.24) is 10.2 Å². The van der Waals surface area contributed by atoms with Crippen LogP contribution in [0.1, 0.15) is 25.8 Å². The van der Waals surface area contributed by atoms with Crippen molar-refractivity contribution >= 4 is 0 Å². The van der Waals surface area contributed by atoms with Crippen LogP contribution < -0.4 is 5.32 Å². The molecule has 1 aromatic rings. The summed E-state index contributed by atoms with van der Waals surface area (Å²) in [5.74, 6) is 0. The molecule has 1 fully saturated rings. The van der Waals surface area contributed by atoms with E-state index in [1.807, 2.05) is 0 Å². The quantitative estimate of drug-likeness (QED) is 0.856. The molecule has 0 bridgehead atoms. The van der Waals surface area contributed by atoms with Gasteiger partial charge in [-0.15, -0.1) is 0 Å². The number of nitrogens with zero attached hydrogens (tertiary/aromatic N) is 1. The first-order valence-electron chi connectivity index (χ1n) is 6.55. The molecule has 17 heavy (non-hydrogen) atoms. The summed E-state index contributed by atoms with van der Waals surface area (Å²) in [6.07, 6.45) is 1.28. The molecule has 1 heterocycles. The van der Waals surface area contributed by atoms with Crippen molar-refractivity contribution in [2.24, 2.45) is 0 Å². The van der Waals surface area contributed by atoms with Crippen molar-refractivity contribution < 1.29 is 0 Å². The molecule has 0 saturated carbocycles. The Morgan fingerprint density at radius 1 is 1.29 bits per heavy atom. The molecule has 1 unspecified atom stereocenters.